The van der Waals surface area contributed by atoms with Crippen LogP contribution in [0.5, 0.6) is 5.75 Å². The number of nitrogens with zero attached hydrogens (tertiary/aromatic N) is 1. The smallest absolute Gasteiger partial charge is 0.332 e. The minimum Gasteiger partial charge on any atom is -0.425 e. The number of hydrogen-bond donors (Lipinski definition) is 2. The molecule has 1 spiro atoms. The molecule has 0 saturated carbocycles. The van der Waals surface area contributed by atoms with E-state index in [4.69, 9.17) is 10.5 Å². The molecule has 0 saturated heterocycles. The molecule has 1 aliphatic carbocycles. The van der Waals surface area contributed by atoms with Crippen LogP contribution in [-0.4, -0.2) is 11.8 Å². The van der Waals surface area contributed by atoms with Gasteiger partial charge in [-0.25, -0.2) is 4.79 Å². The normalized spacial score (nSPS) is 26.2. The van der Waals surface area contributed by atoms with Gasteiger partial charge in [-0.15, -0.1) is 0 Å². The fourth-order valence-electron chi connectivity index (χ4n) is 4.21. The number of dihydropyridines is 1. The third kappa shape index (κ3) is 2.02. The van der Waals surface area contributed by atoms with E-state index < -0.39 is 11.4 Å². The van der Waals surface area contributed by atoms with Crippen molar-refractivity contribution in [3.8, 4) is 11.8 Å². The van der Waals surface area contributed by atoms with Gasteiger partial charge in [-0.05, 0) is 24.0 Å². The Bertz CT molecular complexity index is 1000. The molecule has 0 radical (unpaired) electrons. The van der Waals surface area contributed by atoms with Crippen LogP contribution in [0.3, 0.4) is 0 Å². The molecular formula is C19H16BrN3O3. The van der Waals surface area contributed by atoms with Crippen molar-refractivity contribution in [2.45, 2.75) is 32.1 Å². The number of halogens is 1. The summed E-state index contributed by atoms with van der Waals surface area (Å²) >= 11 is 3.35. The molecule has 3 N–H and O–H groups in total. The van der Waals surface area contributed by atoms with Crippen LogP contribution in [0.1, 0.15) is 32.3 Å². The second-order valence-corrected chi connectivity index (χ2v) is 8.52. The molecular weight excluding hydrogens is 398 g/mol. The molecule has 1 atom stereocenters. The predicted octanol–water partition coefficient (Wildman–Crippen LogP) is 2.55. The van der Waals surface area contributed by atoms with Crippen LogP contribution >= 0.6 is 15.9 Å². The molecule has 132 valence electrons. The lowest BCUT2D eigenvalue weighted by Gasteiger charge is -2.41. The lowest BCUT2D eigenvalue weighted by atomic mass is 9.61. The first-order valence-corrected chi connectivity index (χ1v) is 8.96. The van der Waals surface area contributed by atoms with Gasteiger partial charge in [0.25, 0.3) is 0 Å². The average molecular weight is 414 g/mol. The minimum absolute atomic E-state index is 0.00961. The molecule has 1 aromatic rings. The Balaban J connectivity index is 2.09. The second kappa shape index (κ2) is 5.21. The number of ether oxygens (including phenoxy) is 1. The van der Waals surface area contributed by atoms with Gasteiger partial charge in [0.2, 0.25) is 0 Å². The summed E-state index contributed by atoms with van der Waals surface area (Å²) in [5, 5.41) is 12.8. The Morgan fingerprint density at radius 1 is 1.31 bits per heavy atom. The summed E-state index contributed by atoms with van der Waals surface area (Å²) in [6.07, 6.45) is 0.835. The number of fused-ring (bicyclic) bond motifs is 3. The number of ketones is 1. The SMILES string of the molecule is CC1(C)CC(=O)C2=C(C1)NC(N)=C(C#N)[C@@]21C(=O)Oc2cc(Br)ccc21. The van der Waals surface area contributed by atoms with E-state index >= 15 is 0 Å². The van der Waals surface area contributed by atoms with Gasteiger partial charge in [-0.2, -0.15) is 5.26 Å². The van der Waals surface area contributed by atoms with E-state index in [9.17, 15) is 14.9 Å². The summed E-state index contributed by atoms with van der Waals surface area (Å²) in [6.45, 7) is 3.97. The van der Waals surface area contributed by atoms with Gasteiger partial charge in [-0.3, -0.25) is 4.79 Å². The average Bonchev–Trinajstić information content (AvgIpc) is 2.78. The number of nitriles is 1. The monoisotopic (exact) mass is 413 g/mol. The fourth-order valence-corrected chi connectivity index (χ4v) is 4.55. The van der Waals surface area contributed by atoms with Crippen molar-refractivity contribution in [3.63, 3.8) is 0 Å². The maximum atomic E-state index is 13.1. The van der Waals surface area contributed by atoms with Crippen molar-refractivity contribution in [2.75, 3.05) is 0 Å². The zero-order valence-corrected chi connectivity index (χ0v) is 15.9. The maximum Gasteiger partial charge on any atom is 0.332 e. The first-order chi connectivity index (χ1) is 12.2. The van der Waals surface area contributed by atoms with Crippen molar-refractivity contribution >= 4 is 27.7 Å². The maximum absolute atomic E-state index is 13.1. The summed E-state index contributed by atoms with van der Waals surface area (Å²) in [4.78, 5) is 26.2. The number of nitrogens with one attached hydrogen (secondary N) is 1. The molecule has 2 heterocycles. The van der Waals surface area contributed by atoms with Gasteiger partial charge in [0.05, 0.1) is 5.57 Å². The van der Waals surface area contributed by atoms with Gasteiger partial charge in [-0.1, -0.05) is 35.8 Å². The predicted molar refractivity (Wildman–Crippen MR) is 96.5 cm³/mol. The number of benzene rings is 1. The van der Waals surface area contributed by atoms with Gasteiger partial charge in [0.1, 0.15) is 17.6 Å². The van der Waals surface area contributed by atoms with E-state index in [1.807, 2.05) is 19.9 Å². The van der Waals surface area contributed by atoms with Crippen LogP contribution in [0.2, 0.25) is 0 Å². The molecule has 0 fully saturated rings. The van der Waals surface area contributed by atoms with Crippen LogP contribution in [0.4, 0.5) is 0 Å². The van der Waals surface area contributed by atoms with Crippen LogP contribution in [0, 0.1) is 16.7 Å². The van der Waals surface area contributed by atoms with E-state index in [0.29, 0.717) is 23.4 Å². The number of carbonyl (C=O) groups excluding carboxylic acids is 2. The third-order valence-corrected chi connectivity index (χ3v) is 5.64. The number of rotatable bonds is 0. The summed E-state index contributed by atoms with van der Waals surface area (Å²) in [5.41, 5.74) is 5.63. The van der Waals surface area contributed by atoms with Crippen LogP contribution in [0.25, 0.3) is 0 Å². The number of Topliss-reactive ketones (excluding diaryl/α,β-unsaturated/α-hetero) is 1. The van der Waals surface area contributed by atoms with Gasteiger partial charge >= 0.3 is 5.97 Å². The molecule has 4 rings (SSSR count). The number of carbonyl (C=O) groups is 2. The van der Waals surface area contributed by atoms with Gasteiger partial charge < -0.3 is 15.8 Å². The Hall–Kier alpha value is -2.59. The third-order valence-electron chi connectivity index (χ3n) is 5.15. The van der Waals surface area contributed by atoms with E-state index in [-0.39, 0.29) is 34.6 Å². The van der Waals surface area contributed by atoms with Crippen molar-refractivity contribution < 1.29 is 14.3 Å². The highest BCUT2D eigenvalue weighted by Crippen LogP contribution is 2.55. The molecule has 3 aliphatic rings. The largest absolute Gasteiger partial charge is 0.425 e. The van der Waals surface area contributed by atoms with E-state index in [0.717, 1.165) is 4.47 Å². The molecule has 2 aliphatic heterocycles. The van der Waals surface area contributed by atoms with Gasteiger partial charge in [0, 0.05) is 27.7 Å². The van der Waals surface area contributed by atoms with Gasteiger partial charge in [0.15, 0.2) is 11.2 Å². The molecule has 0 unspecified atom stereocenters. The minimum atomic E-state index is -1.59. The Morgan fingerprint density at radius 2 is 2.04 bits per heavy atom. The highest BCUT2D eigenvalue weighted by atomic mass is 79.9. The number of allylic oxidation sites excluding steroid dienone is 1. The Morgan fingerprint density at radius 3 is 2.73 bits per heavy atom. The van der Waals surface area contributed by atoms with E-state index in [1.165, 1.54) is 0 Å². The lowest BCUT2D eigenvalue weighted by Crippen LogP contribution is -2.50. The van der Waals surface area contributed by atoms with Crippen LogP contribution < -0.4 is 15.8 Å². The van der Waals surface area contributed by atoms with E-state index in [2.05, 4.69) is 21.2 Å². The molecule has 0 amide bonds. The molecule has 0 aromatic heterocycles. The standard InChI is InChI=1S/C19H16BrN3O3/c1-18(2)6-12-15(13(24)7-18)19(11(8-21)16(22)23-12)10-4-3-9(20)5-14(10)26-17(19)25/h3-5,23H,6-7,22H2,1-2H3/t19-/m1/s1. The van der Waals surface area contributed by atoms with Crippen molar-refractivity contribution in [3.05, 3.63) is 50.9 Å². The summed E-state index contributed by atoms with van der Waals surface area (Å²) in [6, 6.07) is 7.16. The van der Waals surface area contributed by atoms with Crippen LogP contribution in [-0.2, 0) is 15.0 Å². The quantitative estimate of drug-likeness (QED) is 0.500. The summed E-state index contributed by atoms with van der Waals surface area (Å²) < 4.78 is 6.22. The fraction of sp³-hybridized carbons (Fsp3) is 0.316. The number of esters is 1. The van der Waals surface area contributed by atoms with E-state index in [1.54, 1.807) is 18.2 Å². The molecule has 26 heavy (non-hydrogen) atoms. The molecule has 1 aromatic carbocycles. The lowest BCUT2D eigenvalue weighted by molar-refractivity contribution is -0.137. The number of nitrogens with two attached hydrogens (primary N) is 1. The highest BCUT2D eigenvalue weighted by Gasteiger charge is 2.61. The van der Waals surface area contributed by atoms with Crippen molar-refractivity contribution in [1.29, 1.82) is 5.26 Å². The first kappa shape index (κ1) is 16.9. The zero-order valence-electron chi connectivity index (χ0n) is 14.3. The highest BCUT2D eigenvalue weighted by molar-refractivity contribution is 9.10. The Kier molecular flexibility index (Phi) is 3.38. The van der Waals surface area contributed by atoms with Crippen molar-refractivity contribution in [1.82, 2.24) is 5.32 Å². The zero-order chi connectivity index (χ0) is 18.9. The summed E-state index contributed by atoms with van der Waals surface area (Å²) in [5.74, 6) is -0.412. The van der Waals surface area contributed by atoms with Crippen LogP contribution in [0.15, 0.2) is 45.3 Å². The topological polar surface area (TPSA) is 105 Å². The molecule has 0 bridgehead atoms. The summed E-state index contributed by atoms with van der Waals surface area (Å²) in [7, 11) is 0. The molecule has 7 heteroatoms. The molecule has 6 nitrogen and oxygen atoms in total. The number of hydrogen-bond acceptors (Lipinski definition) is 6. The van der Waals surface area contributed by atoms with Crippen molar-refractivity contribution in [2.24, 2.45) is 11.1 Å². The second-order valence-electron chi connectivity index (χ2n) is 7.60. The Labute approximate surface area is 158 Å². The first-order valence-electron chi connectivity index (χ1n) is 8.17.